The standard InChI is InChI=1S/C26H28F3N7O4/c27-26(28,29)16-10-17(30)14-36(13-16)22-3-4-31-12-21(22)33-24(37)23-20(34-25(38)39)9-15-1-2-18(11-19(15)32-23)35-5-7-40-8-6-35/h1-4,9,11-12,16-17,34H,5-8,10,13-14,30H2,(H,33,37)(H,38,39)/t16-,17+/m1/s1. The first-order valence-corrected chi connectivity index (χ1v) is 12.7. The number of morpholine rings is 1. The Morgan fingerprint density at radius 3 is 2.55 bits per heavy atom. The van der Waals surface area contributed by atoms with Gasteiger partial charge in [0.05, 0.1) is 47.9 Å². The number of nitrogens with one attached hydrogen (secondary N) is 2. The molecule has 3 aromatic rings. The number of hydrogen-bond acceptors (Lipinski definition) is 8. The lowest BCUT2D eigenvalue weighted by atomic mass is 9.93. The number of carboxylic acid groups (broad SMARTS) is 1. The van der Waals surface area contributed by atoms with Crippen LogP contribution in [0.5, 0.6) is 0 Å². The Balaban J connectivity index is 1.47. The van der Waals surface area contributed by atoms with Crippen molar-refractivity contribution in [3.8, 4) is 0 Å². The summed E-state index contributed by atoms with van der Waals surface area (Å²) in [5, 5.41) is 14.9. The summed E-state index contributed by atoms with van der Waals surface area (Å²) in [4.78, 5) is 37.1. The molecule has 0 unspecified atom stereocenters. The zero-order chi connectivity index (χ0) is 28.4. The average Bonchev–Trinajstić information content (AvgIpc) is 2.92. The van der Waals surface area contributed by atoms with Crippen molar-refractivity contribution in [2.45, 2.75) is 18.6 Å². The van der Waals surface area contributed by atoms with E-state index in [1.165, 1.54) is 29.4 Å². The highest BCUT2D eigenvalue weighted by Crippen LogP contribution is 2.37. The number of fused-ring (bicyclic) bond motifs is 1. The number of ether oxygens (including phenoxy) is 1. The highest BCUT2D eigenvalue weighted by Gasteiger charge is 2.44. The lowest BCUT2D eigenvalue weighted by Crippen LogP contribution is -2.51. The van der Waals surface area contributed by atoms with Crippen LogP contribution in [0.4, 0.5) is 40.7 Å². The molecule has 0 bridgehead atoms. The molecular formula is C26H28F3N7O4. The van der Waals surface area contributed by atoms with Crippen LogP contribution in [0.2, 0.25) is 0 Å². The van der Waals surface area contributed by atoms with Gasteiger partial charge in [-0.1, -0.05) is 6.07 Å². The van der Waals surface area contributed by atoms with Gasteiger partial charge < -0.3 is 30.7 Å². The van der Waals surface area contributed by atoms with Crippen molar-refractivity contribution in [1.29, 1.82) is 0 Å². The molecule has 2 aromatic heterocycles. The van der Waals surface area contributed by atoms with Crippen molar-refractivity contribution in [3.05, 3.63) is 48.4 Å². The van der Waals surface area contributed by atoms with Gasteiger partial charge in [0.15, 0.2) is 5.69 Å². The van der Waals surface area contributed by atoms with Crippen LogP contribution >= 0.6 is 0 Å². The van der Waals surface area contributed by atoms with Crippen LogP contribution in [-0.4, -0.2) is 78.7 Å². The molecule has 2 atom stereocenters. The van der Waals surface area contributed by atoms with Crippen molar-refractivity contribution in [1.82, 2.24) is 9.97 Å². The largest absolute Gasteiger partial charge is 0.465 e. The maximum absolute atomic E-state index is 13.5. The molecule has 2 amide bonds. The van der Waals surface area contributed by atoms with Crippen molar-refractivity contribution in [2.75, 3.05) is 59.8 Å². The molecule has 11 nitrogen and oxygen atoms in total. The molecule has 0 aliphatic carbocycles. The monoisotopic (exact) mass is 559 g/mol. The lowest BCUT2D eigenvalue weighted by Gasteiger charge is -2.39. The summed E-state index contributed by atoms with van der Waals surface area (Å²) in [6, 6.07) is 7.78. The first-order valence-electron chi connectivity index (χ1n) is 12.7. The van der Waals surface area contributed by atoms with E-state index in [-0.39, 0.29) is 36.6 Å². The summed E-state index contributed by atoms with van der Waals surface area (Å²) in [7, 11) is 0. The van der Waals surface area contributed by atoms with Crippen LogP contribution in [0.15, 0.2) is 42.7 Å². The second-order valence-corrected chi connectivity index (χ2v) is 9.78. The van der Waals surface area contributed by atoms with Crippen molar-refractivity contribution in [2.24, 2.45) is 11.7 Å². The molecule has 212 valence electrons. The molecule has 2 fully saturated rings. The van der Waals surface area contributed by atoms with Gasteiger partial charge in [-0.05, 0) is 30.7 Å². The zero-order valence-corrected chi connectivity index (χ0v) is 21.3. The van der Waals surface area contributed by atoms with Gasteiger partial charge in [0.2, 0.25) is 0 Å². The van der Waals surface area contributed by atoms with Crippen LogP contribution in [0.1, 0.15) is 16.9 Å². The quantitative estimate of drug-likeness (QED) is 0.369. The molecule has 2 aliphatic heterocycles. The van der Waals surface area contributed by atoms with Gasteiger partial charge in [0.1, 0.15) is 0 Å². The van der Waals surface area contributed by atoms with E-state index >= 15 is 0 Å². The summed E-state index contributed by atoms with van der Waals surface area (Å²) in [6.07, 6.45) is -3.27. The van der Waals surface area contributed by atoms with E-state index in [0.29, 0.717) is 42.9 Å². The normalized spacial score (nSPS) is 19.9. The Kier molecular flexibility index (Phi) is 7.63. The molecular weight excluding hydrogens is 531 g/mol. The number of hydrogen-bond donors (Lipinski definition) is 4. The zero-order valence-electron chi connectivity index (χ0n) is 21.3. The van der Waals surface area contributed by atoms with Crippen LogP contribution in [-0.2, 0) is 4.74 Å². The average molecular weight is 560 g/mol. The number of rotatable bonds is 5. The molecule has 40 heavy (non-hydrogen) atoms. The Morgan fingerprint density at radius 2 is 1.82 bits per heavy atom. The maximum Gasteiger partial charge on any atom is 0.409 e. The summed E-state index contributed by atoms with van der Waals surface area (Å²) >= 11 is 0. The smallest absolute Gasteiger partial charge is 0.409 e. The number of carbonyl (C=O) groups excluding carboxylic acids is 1. The second kappa shape index (κ2) is 11.1. The fraction of sp³-hybridized carbons (Fsp3) is 0.385. The van der Waals surface area contributed by atoms with Crippen LogP contribution in [0, 0.1) is 5.92 Å². The minimum atomic E-state index is -4.42. The number of halogens is 3. The first kappa shape index (κ1) is 27.4. The van der Waals surface area contributed by atoms with Gasteiger partial charge >= 0.3 is 12.3 Å². The molecule has 0 saturated carbocycles. The molecule has 0 radical (unpaired) electrons. The van der Waals surface area contributed by atoms with Gasteiger partial charge in [-0.3, -0.25) is 15.1 Å². The number of pyridine rings is 2. The summed E-state index contributed by atoms with van der Waals surface area (Å²) < 4.78 is 46.0. The molecule has 5 N–H and O–H groups in total. The number of carbonyl (C=O) groups is 2. The van der Waals surface area contributed by atoms with E-state index in [1.54, 1.807) is 6.07 Å². The molecule has 0 spiro atoms. The predicted octanol–water partition coefficient (Wildman–Crippen LogP) is 3.52. The Morgan fingerprint density at radius 1 is 1.05 bits per heavy atom. The van der Waals surface area contributed by atoms with E-state index < -0.39 is 30.1 Å². The first-order chi connectivity index (χ1) is 19.1. The van der Waals surface area contributed by atoms with Crippen molar-refractivity contribution in [3.63, 3.8) is 0 Å². The number of amides is 2. The minimum Gasteiger partial charge on any atom is -0.465 e. The topological polar surface area (TPSA) is 146 Å². The van der Waals surface area contributed by atoms with Crippen molar-refractivity contribution >= 4 is 45.7 Å². The van der Waals surface area contributed by atoms with Crippen molar-refractivity contribution < 1.29 is 32.6 Å². The Bertz CT molecular complexity index is 1410. The molecule has 4 heterocycles. The summed E-state index contributed by atoms with van der Waals surface area (Å²) in [6.45, 7) is 2.38. The highest BCUT2D eigenvalue weighted by atomic mass is 19.4. The van der Waals surface area contributed by atoms with Crippen LogP contribution < -0.4 is 26.2 Å². The molecule has 14 heteroatoms. The van der Waals surface area contributed by atoms with E-state index in [9.17, 15) is 27.9 Å². The molecule has 1 aromatic carbocycles. The minimum absolute atomic E-state index is 0.0424. The number of nitrogens with two attached hydrogens (primary N) is 1. The highest BCUT2D eigenvalue weighted by molar-refractivity contribution is 6.11. The number of aromatic nitrogens is 2. The SMILES string of the molecule is N[C@H]1C[C@@H](C(F)(F)F)CN(c2ccncc2NC(=O)c2nc3cc(N4CCOCC4)ccc3cc2NC(=O)O)C1. The van der Waals surface area contributed by atoms with Gasteiger partial charge in [-0.15, -0.1) is 0 Å². The van der Waals surface area contributed by atoms with Gasteiger partial charge in [0, 0.05) is 49.5 Å². The van der Waals surface area contributed by atoms with Gasteiger partial charge in [-0.25, -0.2) is 9.78 Å². The maximum atomic E-state index is 13.5. The predicted molar refractivity (Wildman–Crippen MR) is 143 cm³/mol. The van der Waals surface area contributed by atoms with E-state index in [2.05, 4.69) is 25.5 Å². The third kappa shape index (κ3) is 6.02. The fourth-order valence-electron chi connectivity index (χ4n) is 5.07. The molecule has 5 rings (SSSR count). The molecule has 2 aliphatic rings. The number of alkyl halides is 3. The third-order valence-corrected chi connectivity index (χ3v) is 6.97. The fourth-order valence-corrected chi connectivity index (χ4v) is 5.07. The number of nitrogens with zero attached hydrogens (tertiary/aromatic N) is 4. The lowest BCUT2D eigenvalue weighted by molar-refractivity contribution is -0.177. The summed E-state index contributed by atoms with van der Waals surface area (Å²) in [5.41, 5.74) is 7.51. The number of anilines is 4. The number of piperidine rings is 1. The van der Waals surface area contributed by atoms with Gasteiger partial charge in [0.25, 0.3) is 5.91 Å². The number of benzene rings is 1. The van der Waals surface area contributed by atoms with E-state index in [1.807, 2.05) is 12.1 Å². The van der Waals surface area contributed by atoms with Crippen LogP contribution in [0.3, 0.4) is 0 Å². The third-order valence-electron chi connectivity index (χ3n) is 6.97. The Hall–Kier alpha value is -4.17. The van der Waals surface area contributed by atoms with E-state index in [4.69, 9.17) is 10.5 Å². The summed E-state index contributed by atoms with van der Waals surface area (Å²) in [5.74, 6) is -2.38. The molecule has 2 saturated heterocycles. The van der Waals surface area contributed by atoms with Crippen LogP contribution in [0.25, 0.3) is 10.9 Å². The van der Waals surface area contributed by atoms with Gasteiger partial charge in [-0.2, -0.15) is 13.2 Å². The van der Waals surface area contributed by atoms with E-state index in [0.717, 1.165) is 5.69 Å². The Labute approximate surface area is 227 Å². The second-order valence-electron chi connectivity index (χ2n) is 9.78.